The first kappa shape index (κ1) is 14.6. The van der Waals surface area contributed by atoms with Crippen LogP contribution in [-0.4, -0.2) is 17.7 Å². The smallest absolute Gasteiger partial charge is 0.303 e. The van der Waals surface area contributed by atoms with Crippen LogP contribution in [0.25, 0.3) is 0 Å². The first-order chi connectivity index (χ1) is 8.39. The van der Waals surface area contributed by atoms with Crippen LogP contribution in [0.2, 0.25) is 0 Å². The van der Waals surface area contributed by atoms with Crippen LogP contribution in [0.5, 0.6) is 5.75 Å². The van der Waals surface area contributed by atoms with Crippen molar-refractivity contribution in [3.8, 4) is 5.75 Å². The molecule has 0 aromatic heterocycles. The minimum Gasteiger partial charge on any atom is -0.494 e. The Morgan fingerprint density at radius 3 is 2.61 bits per heavy atom. The molecule has 0 saturated carbocycles. The van der Waals surface area contributed by atoms with Gasteiger partial charge < -0.3 is 9.84 Å². The van der Waals surface area contributed by atoms with Gasteiger partial charge in [-0.25, -0.2) is 0 Å². The van der Waals surface area contributed by atoms with Gasteiger partial charge in [-0.05, 0) is 36.0 Å². The molecular weight excluding hydrogens is 228 g/mol. The van der Waals surface area contributed by atoms with E-state index < -0.39 is 5.97 Å². The predicted molar refractivity (Wildman–Crippen MR) is 72.1 cm³/mol. The van der Waals surface area contributed by atoms with Gasteiger partial charge in [-0.2, -0.15) is 0 Å². The van der Waals surface area contributed by atoms with Crippen molar-refractivity contribution in [2.24, 2.45) is 0 Å². The van der Waals surface area contributed by atoms with Crippen molar-refractivity contribution in [2.45, 2.75) is 45.4 Å². The SMILES string of the molecule is CC(C)(C)c1cccc(OCCCCC(=O)O)c1. The van der Waals surface area contributed by atoms with Crippen molar-refractivity contribution in [1.82, 2.24) is 0 Å². The maximum Gasteiger partial charge on any atom is 0.303 e. The van der Waals surface area contributed by atoms with Crippen molar-refractivity contribution in [3.63, 3.8) is 0 Å². The summed E-state index contributed by atoms with van der Waals surface area (Å²) in [4.78, 5) is 10.3. The molecule has 3 nitrogen and oxygen atoms in total. The first-order valence-corrected chi connectivity index (χ1v) is 6.35. The molecule has 0 radical (unpaired) electrons. The molecule has 0 fully saturated rings. The Hall–Kier alpha value is -1.51. The van der Waals surface area contributed by atoms with E-state index in [9.17, 15) is 4.79 Å². The number of rotatable bonds is 6. The number of carboxylic acid groups (broad SMARTS) is 1. The molecule has 1 N–H and O–H groups in total. The number of hydrogen-bond acceptors (Lipinski definition) is 2. The summed E-state index contributed by atoms with van der Waals surface area (Å²) >= 11 is 0. The molecule has 100 valence electrons. The lowest BCUT2D eigenvalue weighted by molar-refractivity contribution is -0.137. The van der Waals surface area contributed by atoms with Crippen molar-refractivity contribution >= 4 is 5.97 Å². The van der Waals surface area contributed by atoms with Gasteiger partial charge in [-0.15, -0.1) is 0 Å². The molecular formula is C15H22O3. The van der Waals surface area contributed by atoms with E-state index in [1.54, 1.807) is 0 Å². The number of carbonyl (C=O) groups is 1. The molecule has 0 spiro atoms. The fourth-order valence-electron chi connectivity index (χ4n) is 1.62. The summed E-state index contributed by atoms with van der Waals surface area (Å²) in [6.07, 6.45) is 1.64. The first-order valence-electron chi connectivity index (χ1n) is 6.35. The fraction of sp³-hybridized carbons (Fsp3) is 0.533. The monoisotopic (exact) mass is 250 g/mol. The van der Waals surface area contributed by atoms with Gasteiger partial charge in [0.15, 0.2) is 0 Å². The molecule has 1 aromatic carbocycles. The Kier molecular flexibility index (Phi) is 5.20. The minimum absolute atomic E-state index is 0.114. The zero-order valence-electron chi connectivity index (χ0n) is 11.4. The summed E-state index contributed by atoms with van der Waals surface area (Å²) in [6, 6.07) is 8.08. The summed E-state index contributed by atoms with van der Waals surface area (Å²) < 4.78 is 5.63. The molecule has 0 heterocycles. The minimum atomic E-state index is -0.746. The highest BCUT2D eigenvalue weighted by atomic mass is 16.5. The molecule has 1 rings (SSSR count). The van der Waals surface area contributed by atoms with Gasteiger partial charge in [0, 0.05) is 6.42 Å². The van der Waals surface area contributed by atoms with Gasteiger partial charge in [0.2, 0.25) is 0 Å². The van der Waals surface area contributed by atoms with E-state index in [-0.39, 0.29) is 11.8 Å². The number of unbranched alkanes of at least 4 members (excludes halogenated alkanes) is 1. The maximum absolute atomic E-state index is 10.3. The third-order valence-electron chi connectivity index (χ3n) is 2.75. The summed E-state index contributed by atoms with van der Waals surface area (Å²) in [5.74, 6) is 0.113. The van der Waals surface area contributed by atoms with Crippen molar-refractivity contribution in [1.29, 1.82) is 0 Å². The van der Waals surface area contributed by atoms with E-state index in [2.05, 4.69) is 32.9 Å². The molecule has 0 bridgehead atoms. The van der Waals surface area contributed by atoms with Gasteiger partial charge in [-0.1, -0.05) is 32.9 Å². The maximum atomic E-state index is 10.3. The highest BCUT2D eigenvalue weighted by Crippen LogP contribution is 2.25. The van der Waals surface area contributed by atoms with E-state index in [0.29, 0.717) is 13.0 Å². The number of hydrogen-bond donors (Lipinski definition) is 1. The Morgan fingerprint density at radius 1 is 1.28 bits per heavy atom. The Morgan fingerprint density at radius 2 is 2.00 bits per heavy atom. The highest BCUT2D eigenvalue weighted by molar-refractivity contribution is 5.66. The standard InChI is InChI=1S/C15H22O3/c1-15(2,3)12-7-6-8-13(11-12)18-10-5-4-9-14(16)17/h6-8,11H,4-5,9-10H2,1-3H3,(H,16,17). The lowest BCUT2D eigenvalue weighted by atomic mass is 9.87. The topological polar surface area (TPSA) is 46.5 Å². The zero-order valence-corrected chi connectivity index (χ0v) is 11.4. The second-order valence-corrected chi connectivity index (χ2v) is 5.48. The van der Waals surface area contributed by atoms with Crippen LogP contribution in [0.3, 0.4) is 0 Å². The Labute approximate surface area is 109 Å². The average molecular weight is 250 g/mol. The number of carboxylic acids is 1. The molecule has 0 amide bonds. The summed E-state index contributed by atoms with van der Waals surface area (Å²) in [7, 11) is 0. The molecule has 18 heavy (non-hydrogen) atoms. The third kappa shape index (κ3) is 5.21. The second kappa shape index (κ2) is 6.43. The molecule has 0 saturated heterocycles. The summed E-state index contributed by atoms with van der Waals surface area (Å²) in [6.45, 7) is 7.07. The second-order valence-electron chi connectivity index (χ2n) is 5.48. The molecule has 0 atom stereocenters. The van der Waals surface area contributed by atoms with E-state index in [1.165, 1.54) is 5.56 Å². The van der Waals surface area contributed by atoms with Crippen LogP contribution in [0.15, 0.2) is 24.3 Å². The van der Waals surface area contributed by atoms with Crippen LogP contribution < -0.4 is 4.74 Å². The number of aliphatic carboxylic acids is 1. The molecule has 0 aliphatic rings. The van der Waals surface area contributed by atoms with Crippen LogP contribution in [0.1, 0.15) is 45.6 Å². The van der Waals surface area contributed by atoms with E-state index >= 15 is 0 Å². The van der Waals surface area contributed by atoms with E-state index in [0.717, 1.165) is 12.2 Å². The van der Waals surface area contributed by atoms with Crippen LogP contribution in [-0.2, 0) is 10.2 Å². The molecule has 0 aliphatic carbocycles. The van der Waals surface area contributed by atoms with Gasteiger partial charge in [0.05, 0.1) is 6.61 Å². The normalized spacial score (nSPS) is 11.3. The summed E-state index contributed by atoms with van der Waals surface area (Å²) in [5, 5.41) is 8.51. The average Bonchev–Trinajstić information content (AvgIpc) is 2.27. The van der Waals surface area contributed by atoms with Crippen molar-refractivity contribution in [2.75, 3.05) is 6.61 Å². The largest absolute Gasteiger partial charge is 0.494 e. The molecule has 1 aromatic rings. The highest BCUT2D eigenvalue weighted by Gasteiger charge is 2.13. The van der Waals surface area contributed by atoms with Crippen LogP contribution in [0, 0.1) is 0 Å². The van der Waals surface area contributed by atoms with Gasteiger partial charge in [-0.3, -0.25) is 4.79 Å². The predicted octanol–water partition coefficient (Wildman–Crippen LogP) is 3.62. The number of ether oxygens (including phenoxy) is 1. The van der Waals surface area contributed by atoms with Gasteiger partial charge in [0.25, 0.3) is 0 Å². The zero-order chi connectivity index (χ0) is 13.6. The Balaban J connectivity index is 2.41. The van der Waals surface area contributed by atoms with E-state index in [4.69, 9.17) is 9.84 Å². The van der Waals surface area contributed by atoms with Crippen LogP contribution >= 0.6 is 0 Å². The van der Waals surface area contributed by atoms with Crippen molar-refractivity contribution in [3.05, 3.63) is 29.8 Å². The lowest BCUT2D eigenvalue weighted by Crippen LogP contribution is -2.11. The molecule has 0 unspecified atom stereocenters. The molecule has 3 heteroatoms. The summed E-state index contributed by atoms with van der Waals surface area (Å²) in [5.41, 5.74) is 1.36. The molecule has 0 aliphatic heterocycles. The van der Waals surface area contributed by atoms with Crippen molar-refractivity contribution < 1.29 is 14.6 Å². The lowest BCUT2D eigenvalue weighted by Gasteiger charge is -2.19. The van der Waals surface area contributed by atoms with E-state index in [1.807, 2.05) is 12.1 Å². The fourth-order valence-corrected chi connectivity index (χ4v) is 1.62. The van der Waals surface area contributed by atoms with Crippen LogP contribution in [0.4, 0.5) is 0 Å². The Bertz CT molecular complexity index is 391. The van der Waals surface area contributed by atoms with Gasteiger partial charge >= 0.3 is 5.97 Å². The third-order valence-corrected chi connectivity index (χ3v) is 2.75. The quantitative estimate of drug-likeness (QED) is 0.784. The van der Waals surface area contributed by atoms with Gasteiger partial charge in [0.1, 0.15) is 5.75 Å². The number of benzene rings is 1.